The third-order valence-corrected chi connectivity index (χ3v) is 7.40. The Balaban J connectivity index is 1.56. The van der Waals surface area contributed by atoms with E-state index < -0.39 is 6.04 Å². The number of halogens is 1. The fourth-order valence-corrected chi connectivity index (χ4v) is 5.44. The Bertz CT molecular complexity index is 1140. The Morgan fingerprint density at radius 3 is 2.25 bits per heavy atom. The van der Waals surface area contributed by atoms with Gasteiger partial charge in [0.15, 0.2) is 0 Å². The van der Waals surface area contributed by atoms with Crippen molar-refractivity contribution >= 4 is 39.6 Å². The van der Waals surface area contributed by atoms with Crippen LogP contribution in [0.4, 0.5) is 0 Å². The Kier molecular flexibility index (Phi) is 8.36. The molecule has 0 unspecified atom stereocenters. The first-order chi connectivity index (χ1) is 17.4. The van der Waals surface area contributed by atoms with Crippen LogP contribution in [0.3, 0.4) is 0 Å². The van der Waals surface area contributed by atoms with E-state index in [0.717, 1.165) is 15.6 Å². The van der Waals surface area contributed by atoms with Crippen molar-refractivity contribution in [1.29, 1.82) is 0 Å². The number of hydrogen-bond donors (Lipinski definition) is 1. The number of imide groups is 1. The molecule has 0 bridgehead atoms. The van der Waals surface area contributed by atoms with Crippen LogP contribution in [-0.4, -0.2) is 53.1 Å². The van der Waals surface area contributed by atoms with Gasteiger partial charge in [-0.1, -0.05) is 70.5 Å². The van der Waals surface area contributed by atoms with Crippen LogP contribution in [0.5, 0.6) is 0 Å². The molecule has 7 nitrogen and oxygen atoms in total. The maximum atomic E-state index is 13.6. The van der Waals surface area contributed by atoms with Crippen LogP contribution in [-0.2, 0) is 32.1 Å². The molecule has 2 aromatic carbocycles. The summed E-state index contributed by atoms with van der Waals surface area (Å²) in [6.07, 6.45) is 5.31. The molecule has 0 aromatic heterocycles. The summed E-state index contributed by atoms with van der Waals surface area (Å²) in [5.74, 6) is -1.61. The smallest absolute Gasteiger partial charge is 0.242 e. The van der Waals surface area contributed by atoms with Gasteiger partial charge < -0.3 is 10.2 Å². The lowest BCUT2D eigenvalue weighted by Gasteiger charge is -2.31. The molecular weight excluding hydrogens is 522 g/mol. The molecule has 2 aliphatic rings. The lowest BCUT2D eigenvalue weighted by molar-refractivity contribution is -0.144. The van der Waals surface area contributed by atoms with E-state index in [1.165, 1.54) is 4.90 Å². The molecule has 8 heteroatoms. The molecule has 1 fully saturated rings. The Hall–Kier alpha value is -3.26. The molecule has 1 heterocycles. The third kappa shape index (κ3) is 5.75. The highest BCUT2D eigenvalue weighted by Crippen LogP contribution is 2.35. The van der Waals surface area contributed by atoms with E-state index in [-0.39, 0.29) is 55.0 Å². The molecule has 1 N–H and O–H groups in total. The lowest BCUT2D eigenvalue weighted by atomic mass is 9.85. The van der Waals surface area contributed by atoms with Crippen molar-refractivity contribution in [2.24, 2.45) is 11.8 Å². The van der Waals surface area contributed by atoms with Crippen LogP contribution in [0.15, 0.2) is 71.2 Å². The first kappa shape index (κ1) is 25.8. The predicted octanol–water partition coefficient (Wildman–Crippen LogP) is 3.48. The summed E-state index contributed by atoms with van der Waals surface area (Å²) >= 11 is 3.47. The van der Waals surface area contributed by atoms with Crippen molar-refractivity contribution in [3.05, 3.63) is 82.3 Å². The number of rotatable bonds is 9. The minimum Gasteiger partial charge on any atom is -0.357 e. The number of fused-ring (bicyclic) bond motifs is 1. The van der Waals surface area contributed by atoms with Crippen LogP contribution < -0.4 is 5.32 Å². The van der Waals surface area contributed by atoms with E-state index in [0.29, 0.717) is 19.3 Å². The second kappa shape index (κ2) is 11.6. The number of hydrogen-bond acceptors (Lipinski definition) is 4. The molecule has 4 amide bonds. The number of nitrogens with one attached hydrogen (secondary N) is 1. The van der Waals surface area contributed by atoms with Gasteiger partial charge in [-0.05, 0) is 36.1 Å². The quantitative estimate of drug-likeness (QED) is 0.382. The fraction of sp³-hybridized carbons (Fsp3) is 0.357. The number of nitrogens with zero attached hydrogens (tertiary/aromatic N) is 2. The highest BCUT2D eigenvalue weighted by atomic mass is 79.9. The summed E-state index contributed by atoms with van der Waals surface area (Å²) in [4.78, 5) is 55.2. The van der Waals surface area contributed by atoms with Crippen LogP contribution in [0.2, 0.25) is 0 Å². The van der Waals surface area contributed by atoms with E-state index in [9.17, 15) is 19.2 Å². The number of carbonyl (C=O) groups excluding carboxylic acids is 4. The summed E-state index contributed by atoms with van der Waals surface area (Å²) in [6, 6.07) is 16.4. The highest BCUT2D eigenvalue weighted by Gasteiger charge is 2.47. The molecule has 1 aliphatic heterocycles. The van der Waals surface area contributed by atoms with Crippen LogP contribution in [0.1, 0.15) is 30.4 Å². The van der Waals surface area contributed by atoms with Crippen molar-refractivity contribution in [3.63, 3.8) is 0 Å². The maximum Gasteiger partial charge on any atom is 0.242 e. The zero-order chi connectivity index (χ0) is 25.7. The van der Waals surface area contributed by atoms with E-state index >= 15 is 0 Å². The summed E-state index contributed by atoms with van der Waals surface area (Å²) in [6.45, 7) is 0.241. The Morgan fingerprint density at radius 2 is 1.64 bits per heavy atom. The molecule has 36 heavy (non-hydrogen) atoms. The molecule has 0 radical (unpaired) electrons. The first-order valence-corrected chi connectivity index (χ1v) is 13.0. The summed E-state index contributed by atoms with van der Waals surface area (Å²) < 4.78 is 0.872. The average Bonchev–Trinajstić information content (AvgIpc) is 3.14. The number of benzene rings is 2. The normalized spacial score (nSPS) is 19.7. The van der Waals surface area contributed by atoms with Gasteiger partial charge in [-0.25, -0.2) is 0 Å². The van der Waals surface area contributed by atoms with Gasteiger partial charge in [-0.15, -0.1) is 0 Å². The van der Waals surface area contributed by atoms with Crippen LogP contribution in [0.25, 0.3) is 0 Å². The second-order valence-corrected chi connectivity index (χ2v) is 10.1. The minimum atomic E-state index is -0.749. The van der Waals surface area contributed by atoms with Gasteiger partial charge in [0.05, 0.1) is 11.8 Å². The SMILES string of the molecule is CNC(=O)[C@H](Cc1ccccc1)N(Cc1cccc(Br)c1)C(=O)CCN1C(=O)[C@H]2CC=CC[C@H]2C1=O. The Morgan fingerprint density at radius 1 is 1.00 bits per heavy atom. The summed E-state index contributed by atoms with van der Waals surface area (Å²) in [5, 5.41) is 2.70. The molecule has 0 saturated carbocycles. The largest absolute Gasteiger partial charge is 0.357 e. The average molecular weight is 552 g/mol. The van der Waals surface area contributed by atoms with E-state index in [4.69, 9.17) is 0 Å². The number of amides is 4. The highest BCUT2D eigenvalue weighted by molar-refractivity contribution is 9.10. The van der Waals surface area contributed by atoms with Crippen LogP contribution >= 0.6 is 15.9 Å². The zero-order valence-electron chi connectivity index (χ0n) is 20.2. The van der Waals surface area contributed by atoms with Crippen molar-refractivity contribution < 1.29 is 19.2 Å². The number of likely N-dealkylation sites (N-methyl/N-ethyl adjacent to an activating group) is 1. The molecule has 4 rings (SSSR count). The van der Waals surface area contributed by atoms with Gasteiger partial charge in [0, 0.05) is 37.5 Å². The van der Waals surface area contributed by atoms with Gasteiger partial charge in [0.1, 0.15) is 6.04 Å². The Labute approximate surface area is 219 Å². The molecule has 1 aliphatic carbocycles. The van der Waals surface area contributed by atoms with Gasteiger partial charge in [-0.3, -0.25) is 24.1 Å². The third-order valence-electron chi connectivity index (χ3n) is 6.91. The van der Waals surface area contributed by atoms with E-state index in [2.05, 4.69) is 21.2 Å². The standard InChI is InChI=1S/C28H30BrN3O4/c1-30-26(34)24(17-19-8-3-2-4-9-19)32(18-20-10-7-11-21(29)16-20)25(33)14-15-31-27(35)22-12-5-6-13-23(22)28(31)36/h2-11,16,22-24H,12-15,17-18H2,1H3,(H,30,34)/t22-,23+,24-/m0/s1. The number of likely N-dealkylation sites (tertiary alicyclic amines) is 1. The van der Waals surface area contributed by atoms with Gasteiger partial charge in [0.2, 0.25) is 23.6 Å². The summed E-state index contributed by atoms with van der Waals surface area (Å²) in [7, 11) is 1.55. The number of carbonyl (C=O) groups is 4. The van der Waals surface area contributed by atoms with E-state index in [1.807, 2.05) is 66.7 Å². The van der Waals surface area contributed by atoms with Crippen molar-refractivity contribution in [2.75, 3.05) is 13.6 Å². The molecule has 1 saturated heterocycles. The topological polar surface area (TPSA) is 86.8 Å². The minimum absolute atomic E-state index is 0.0181. The van der Waals surface area contributed by atoms with Crippen molar-refractivity contribution in [3.8, 4) is 0 Å². The van der Waals surface area contributed by atoms with Crippen molar-refractivity contribution in [2.45, 2.75) is 38.3 Å². The molecule has 2 aromatic rings. The molecule has 3 atom stereocenters. The molecule has 188 valence electrons. The zero-order valence-corrected chi connectivity index (χ0v) is 21.8. The van der Waals surface area contributed by atoms with E-state index in [1.54, 1.807) is 11.9 Å². The van der Waals surface area contributed by atoms with Gasteiger partial charge in [0.25, 0.3) is 0 Å². The maximum absolute atomic E-state index is 13.6. The number of allylic oxidation sites excluding steroid dienone is 2. The van der Waals surface area contributed by atoms with Crippen LogP contribution in [0, 0.1) is 11.8 Å². The lowest BCUT2D eigenvalue weighted by Crippen LogP contribution is -2.50. The van der Waals surface area contributed by atoms with Gasteiger partial charge in [-0.2, -0.15) is 0 Å². The fourth-order valence-electron chi connectivity index (χ4n) is 4.99. The second-order valence-electron chi connectivity index (χ2n) is 9.21. The monoisotopic (exact) mass is 551 g/mol. The molecule has 0 spiro atoms. The van der Waals surface area contributed by atoms with Crippen molar-refractivity contribution in [1.82, 2.24) is 15.1 Å². The summed E-state index contributed by atoms with van der Waals surface area (Å²) in [5.41, 5.74) is 1.80. The van der Waals surface area contributed by atoms with Gasteiger partial charge >= 0.3 is 0 Å². The first-order valence-electron chi connectivity index (χ1n) is 12.2. The predicted molar refractivity (Wildman–Crippen MR) is 139 cm³/mol. The molecular formula is C28H30BrN3O4.